The maximum atomic E-state index is 12.6. The second-order valence-corrected chi connectivity index (χ2v) is 5.90. The molecule has 1 aliphatic heterocycles. The number of nitrogens with zero attached hydrogens (tertiary/aromatic N) is 2. The molecule has 1 amide bonds. The molecule has 2 aromatic rings. The predicted octanol–water partition coefficient (Wildman–Crippen LogP) is 2.81. The van der Waals surface area contributed by atoms with Crippen LogP contribution in [0.1, 0.15) is 29.8 Å². The minimum absolute atomic E-state index is 0.271. The van der Waals surface area contributed by atoms with Gasteiger partial charge in [0.15, 0.2) is 0 Å². The number of nitrogens with one attached hydrogen (secondary N) is 1. The molecular weight excluding hydrogens is 318 g/mol. The molecule has 23 heavy (non-hydrogen) atoms. The zero-order chi connectivity index (χ0) is 16.4. The maximum Gasteiger partial charge on any atom is 0.326 e. The Hall–Kier alpha value is -2.34. The van der Waals surface area contributed by atoms with Gasteiger partial charge >= 0.3 is 5.97 Å². The van der Waals surface area contributed by atoms with Crippen LogP contribution >= 0.6 is 11.6 Å². The van der Waals surface area contributed by atoms with Crippen molar-refractivity contribution in [3.63, 3.8) is 0 Å². The molecule has 0 saturated carbocycles. The first kappa shape index (κ1) is 15.6. The van der Waals surface area contributed by atoms with Gasteiger partial charge in [-0.25, -0.2) is 4.79 Å². The molecule has 1 aromatic heterocycles. The van der Waals surface area contributed by atoms with Gasteiger partial charge < -0.3 is 10.0 Å². The number of aromatic amines is 1. The number of hydrogen-bond donors (Lipinski definition) is 2. The molecule has 1 aromatic carbocycles. The van der Waals surface area contributed by atoms with Crippen molar-refractivity contribution in [1.29, 1.82) is 0 Å². The summed E-state index contributed by atoms with van der Waals surface area (Å²) in [6.45, 7) is 0.441. The number of hydrogen-bond acceptors (Lipinski definition) is 3. The fourth-order valence-electron chi connectivity index (χ4n) is 2.82. The molecule has 2 N–H and O–H groups in total. The van der Waals surface area contributed by atoms with Crippen molar-refractivity contribution < 1.29 is 14.7 Å². The average molecular weight is 334 g/mol. The zero-order valence-corrected chi connectivity index (χ0v) is 13.1. The summed E-state index contributed by atoms with van der Waals surface area (Å²) in [6, 6.07) is 8.05. The first-order valence-corrected chi connectivity index (χ1v) is 7.80. The number of piperidine rings is 1. The summed E-state index contributed by atoms with van der Waals surface area (Å²) in [5, 5.41) is 16.7. The summed E-state index contributed by atoms with van der Waals surface area (Å²) in [6.07, 6.45) is 2.10. The first-order chi connectivity index (χ1) is 11.1. The van der Waals surface area contributed by atoms with E-state index in [1.165, 1.54) is 4.90 Å². The Balaban J connectivity index is 1.86. The summed E-state index contributed by atoms with van der Waals surface area (Å²) in [5.74, 6) is -1.31. The van der Waals surface area contributed by atoms with Crippen molar-refractivity contribution >= 4 is 23.5 Å². The highest BCUT2D eigenvalue weighted by atomic mass is 35.5. The van der Waals surface area contributed by atoms with E-state index >= 15 is 0 Å². The molecule has 6 nitrogen and oxygen atoms in total. The van der Waals surface area contributed by atoms with Gasteiger partial charge in [-0.3, -0.25) is 9.89 Å². The minimum Gasteiger partial charge on any atom is -0.480 e. The summed E-state index contributed by atoms with van der Waals surface area (Å²) in [7, 11) is 0. The summed E-state index contributed by atoms with van der Waals surface area (Å²) >= 11 is 6.13. The number of amides is 1. The summed E-state index contributed by atoms with van der Waals surface area (Å²) in [5.41, 5.74) is 1.55. The number of carbonyl (C=O) groups is 2. The lowest BCUT2D eigenvalue weighted by molar-refractivity contribution is -0.143. The molecule has 1 aliphatic rings. The first-order valence-electron chi connectivity index (χ1n) is 7.42. The van der Waals surface area contributed by atoms with E-state index in [-0.39, 0.29) is 11.6 Å². The Morgan fingerprint density at radius 3 is 2.83 bits per heavy atom. The number of benzene rings is 1. The van der Waals surface area contributed by atoms with Crippen molar-refractivity contribution in [2.75, 3.05) is 6.54 Å². The fourth-order valence-corrected chi connectivity index (χ4v) is 3.06. The molecule has 0 aliphatic carbocycles. The van der Waals surface area contributed by atoms with Crippen LogP contribution in [0.15, 0.2) is 30.3 Å². The SMILES string of the molecule is O=C(O)[C@H]1CCCCN1C(=O)c1cc(-c2ccccc2Cl)n[nH]1. The lowest BCUT2D eigenvalue weighted by atomic mass is 10.0. The van der Waals surface area contributed by atoms with Gasteiger partial charge in [-0.1, -0.05) is 29.8 Å². The van der Waals surface area contributed by atoms with Crippen molar-refractivity contribution in [3.8, 4) is 11.3 Å². The Morgan fingerprint density at radius 1 is 1.30 bits per heavy atom. The highest BCUT2D eigenvalue weighted by Crippen LogP contribution is 2.27. The number of carboxylic acid groups (broad SMARTS) is 1. The van der Waals surface area contributed by atoms with Crippen LogP contribution in [0.5, 0.6) is 0 Å². The third-order valence-electron chi connectivity index (χ3n) is 4.01. The van der Waals surface area contributed by atoms with Gasteiger partial charge in [-0.2, -0.15) is 5.10 Å². The van der Waals surface area contributed by atoms with Crippen LogP contribution in [-0.4, -0.2) is 44.7 Å². The minimum atomic E-state index is -0.969. The Bertz CT molecular complexity index is 744. The van der Waals surface area contributed by atoms with Crippen LogP contribution in [0.3, 0.4) is 0 Å². The number of aromatic nitrogens is 2. The van der Waals surface area contributed by atoms with Gasteiger partial charge in [-0.05, 0) is 31.4 Å². The molecule has 7 heteroatoms. The molecule has 0 unspecified atom stereocenters. The monoisotopic (exact) mass is 333 g/mol. The number of carboxylic acids is 1. The van der Waals surface area contributed by atoms with Crippen LogP contribution in [0.2, 0.25) is 5.02 Å². The second kappa shape index (κ2) is 6.42. The van der Waals surface area contributed by atoms with E-state index in [9.17, 15) is 14.7 Å². The number of halogens is 1. The molecule has 0 spiro atoms. The normalized spacial score (nSPS) is 18.0. The third kappa shape index (κ3) is 3.07. The lowest BCUT2D eigenvalue weighted by Gasteiger charge is -2.32. The maximum absolute atomic E-state index is 12.6. The molecule has 3 rings (SSSR count). The Kier molecular flexibility index (Phi) is 4.34. The van der Waals surface area contributed by atoms with E-state index in [0.29, 0.717) is 23.7 Å². The fraction of sp³-hybridized carbons (Fsp3) is 0.312. The number of H-pyrrole nitrogens is 1. The van der Waals surface area contributed by atoms with Crippen molar-refractivity contribution in [2.24, 2.45) is 0 Å². The highest BCUT2D eigenvalue weighted by Gasteiger charge is 2.33. The van der Waals surface area contributed by atoms with Crippen LogP contribution in [0.4, 0.5) is 0 Å². The number of likely N-dealkylation sites (tertiary alicyclic amines) is 1. The molecule has 0 bridgehead atoms. The molecule has 1 fully saturated rings. The van der Waals surface area contributed by atoms with Crippen molar-refractivity contribution in [3.05, 3.63) is 41.0 Å². The van der Waals surface area contributed by atoms with E-state index in [0.717, 1.165) is 18.4 Å². The molecule has 1 saturated heterocycles. The third-order valence-corrected chi connectivity index (χ3v) is 4.34. The predicted molar refractivity (Wildman–Crippen MR) is 85.3 cm³/mol. The smallest absolute Gasteiger partial charge is 0.326 e. The van der Waals surface area contributed by atoms with Crippen molar-refractivity contribution in [1.82, 2.24) is 15.1 Å². The summed E-state index contributed by atoms with van der Waals surface area (Å²) in [4.78, 5) is 25.3. The molecular formula is C16H16ClN3O3. The van der Waals surface area contributed by atoms with Crippen LogP contribution in [0.25, 0.3) is 11.3 Å². The number of carbonyl (C=O) groups excluding carboxylic acids is 1. The van der Waals surface area contributed by atoms with Gasteiger partial charge in [0, 0.05) is 12.1 Å². The van der Waals surface area contributed by atoms with Crippen molar-refractivity contribution in [2.45, 2.75) is 25.3 Å². The highest BCUT2D eigenvalue weighted by molar-refractivity contribution is 6.33. The second-order valence-electron chi connectivity index (χ2n) is 5.50. The van der Waals surface area contributed by atoms with E-state index in [1.807, 2.05) is 18.2 Å². The van der Waals surface area contributed by atoms with E-state index in [2.05, 4.69) is 10.2 Å². The quantitative estimate of drug-likeness (QED) is 0.904. The van der Waals surface area contributed by atoms with Gasteiger partial charge in [-0.15, -0.1) is 0 Å². The molecule has 1 atom stereocenters. The summed E-state index contributed by atoms with van der Waals surface area (Å²) < 4.78 is 0. The standard InChI is InChI=1S/C16H16ClN3O3/c17-11-6-2-1-5-10(11)12-9-13(19-18-12)15(21)20-8-4-3-7-14(20)16(22)23/h1-2,5-6,9,14H,3-4,7-8H2,(H,18,19)(H,22,23)/t14-/m1/s1. The number of rotatable bonds is 3. The van der Waals surface area contributed by atoms with Crippen LogP contribution < -0.4 is 0 Å². The number of aliphatic carboxylic acids is 1. The molecule has 0 radical (unpaired) electrons. The van der Waals surface area contributed by atoms with Gasteiger partial charge in [0.05, 0.1) is 10.7 Å². The largest absolute Gasteiger partial charge is 0.480 e. The Labute approximate surface area is 138 Å². The van der Waals surface area contributed by atoms with E-state index in [4.69, 9.17) is 11.6 Å². The average Bonchev–Trinajstić information content (AvgIpc) is 3.04. The molecule has 120 valence electrons. The van der Waals surface area contributed by atoms with E-state index < -0.39 is 12.0 Å². The van der Waals surface area contributed by atoms with E-state index in [1.54, 1.807) is 12.1 Å². The zero-order valence-electron chi connectivity index (χ0n) is 12.3. The Morgan fingerprint density at radius 2 is 2.09 bits per heavy atom. The van der Waals surface area contributed by atoms with Gasteiger partial charge in [0.1, 0.15) is 11.7 Å². The molecule has 2 heterocycles. The lowest BCUT2D eigenvalue weighted by Crippen LogP contribution is -2.48. The van der Waals surface area contributed by atoms with Crippen LogP contribution in [-0.2, 0) is 4.79 Å². The van der Waals surface area contributed by atoms with Gasteiger partial charge in [0.2, 0.25) is 0 Å². The topological polar surface area (TPSA) is 86.3 Å². The van der Waals surface area contributed by atoms with Gasteiger partial charge in [0.25, 0.3) is 5.91 Å². The van der Waals surface area contributed by atoms with Crippen LogP contribution in [0, 0.1) is 0 Å².